The summed E-state index contributed by atoms with van der Waals surface area (Å²) in [6.45, 7) is 0.556. The Labute approximate surface area is 87.7 Å². The van der Waals surface area contributed by atoms with E-state index in [-0.39, 0.29) is 0 Å². The van der Waals surface area contributed by atoms with E-state index in [1.54, 1.807) is 6.20 Å². The maximum atomic E-state index is 8.38. The molecule has 0 unspecified atom stereocenters. The normalized spacial score (nSPS) is 10.1. The summed E-state index contributed by atoms with van der Waals surface area (Å²) in [5, 5.41) is 8.38. The van der Waals surface area contributed by atoms with Crippen LogP contribution in [0.5, 0.6) is 5.75 Å². The third-order valence-corrected chi connectivity index (χ3v) is 2.07. The summed E-state index contributed by atoms with van der Waals surface area (Å²) in [6, 6.07) is 5.88. The van der Waals surface area contributed by atoms with Crippen LogP contribution in [-0.4, -0.2) is 16.0 Å². The van der Waals surface area contributed by atoms with Crippen molar-refractivity contribution in [1.29, 1.82) is 5.26 Å². The van der Waals surface area contributed by atoms with E-state index in [4.69, 9.17) is 10.00 Å². The van der Waals surface area contributed by atoms with E-state index >= 15 is 0 Å². The Morgan fingerprint density at radius 3 is 3.27 bits per heavy atom. The zero-order valence-corrected chi connectivity index (χ0v) is 8.26. The number of hydrogen-bond acceptors (Lipinski definition) is 3. The molecule has 0 bridgehead atoms. The van der Waals surface area contributed by atoms with E-state index in [1.807, 2.05) is 28.9 Å². The lowest BCUT2D eigenvalue weighted by atomic mass is 10.3. The van der Waals surface area contributed by atoms with Crippen LogP contribution in [0.1, 0.15) is 12.8 Å². The third-order valence-electron chi connectivity index (χ3n) is 2.07. The predicted octanol–water partition coefficient (Wildman–Crippen LogP) is 2.02. The van der Waals surface area contributed by atoms with Crippen LogP contribution in [0.4, 0.5) is 0 Å². The molecular formula is C11H11N3O. The molecule has 0 aliphatic rings. The lowest BCUT2D eigenvalue weighted by Crippen LogP contribution is -1.98. The van der Waals surface area contributed by atoms with Crippen LogP contribution in [-0.2, 0) is 0 Å². The molecule has 0 atom stereocenters. The number of rotatable bonds is 4. The van der Waals surface area contributed by atoms with Gasteiger partial charge in [-0.1, -0.05) is 0 Å². The monoisotopic (exact) mass is 201 g/mol. The van der Waals surface area contributed by atoms with Crippen molar-refractivity contribution < 1.29 is 4.74 Å². The molecule has 0 spiro atoms. The summed E-state index contributed by atoms with van der Waals surface area (Å²) in [6.07, 6.45) is 6.80. The lowest BCUT2D eigenvalue weighted by Gasteiger charge is -2.05. The van der Waals surface area contributed by atoms with Crippen molar-refractivity contribution in [1.82, 2.24) is 9.38 Å². The molecule has 4 heteroatoms. The second-order valence-corrected chi connectivity index (χ2v) is 3.14. The van der Waals surface area contributed by atoms with Gasteiger partial charge in [0.15, 0.2) is 11.4 Å². The molecule has 15 heavy (non-hydrogen) atoms. The first kappa shape index (κ1) is 9.53. The number of imidazole rings is 1. The van der Waals surface area contributed by atoms with E-state index in [1.165, 1.54) is 0 Å². The van der Waals surface area contributed by atoms with E-state index in [0.29, 0.717) is 13.0 Å². The fourth-order valence-corrected chi connectivity index (χ4v) is 1.37. The van der Waals surface area contributed by atoms with E-state index < -0.39 is 0 Å². The summed E-state index contributed by atoms with van der Waals surface area (Å²) in [5.74, 6) is 0.764. The van der Waals surface area contributed by atoms with Gasteiger partial charge in [0.1, 0.15) is 0 Å². The molecule has 0 fully saturated rings. The zero-order valence-electron chi connectivity index (χ0n) is 8.26. The largest absolute Gasteiger partial charge is 0.490 e. The number of fused-ring (bicyclic) bond motifs is 1. The first-order valence-electron chi connectivity index (χ1n) is 4.83. The average Bonchev–Trinajstić information content (AvgIpc) is 2.73. The topological polar surface area (TPSA) is 50.3 Å². The Hall–Kier alpha value is -2.02. The number of nitriles is 1. The van der Waals surface area contributed by atoms with Gasteiger partial charge in [0.2, 0.25) is 0 Å². The van der Waals surface area contributed by atoms with Crippen molar-refractivity contribution in [2.45, 2.75) is 12.8 Å². The Balaban J connectivity index is 2.08. The summed E-state index contributed by atoms with van der Waals surface area (Å²) < 4.78 is 7.45. The molecule has 0 N–H and O–H groups in total. The zero-order chi connectivity index (χ0) is 10.5. The summed E-state index contributed by atoms with van der Waals surface area (Å²) in [5.41, 5.74) is 0.814. The SMILES string of the molecule is N#CCCCOc1cccn2ccnc12. The van der Waals surface area contributed by atoms with Crippen molar-refractivity contribution >= 4 is 5.65 Å². The summed E-state index contributed by atoms with van der Waals surface area (Å²) >= 11 is 0. The summed E-state index contributed by atoms with van der Waals surface area (Å²) in [4.78, 5) is 4.19. The standard InChI is InChI=1S/C11H11N3O/c12-5-1-2-9-15-10-4-3-7-14-8-6-13-11(10)14/h3-4,6-8H,1-2,9H2. The molecule has 76 valence electrons. The van der Waals surface area contributed by atoms with Gasteiger partial charge in [-0.2, -0.15) is 5.26 Å². The van der Waals surface area contributed by atoms with E-state index in [9.17, 15) is 0 Å². The first-order valence-corrected chi connectivity index (χ1v) is 4.83. The molecule has 0 aromatic carbocycles. The lowest BCUT2D eigenvalue weighted by molar-refractivity contribution is 0.314. The molecule has 0 radical (unpaired) electrons. The highest BCUT2D eigenvalue weighted by Crippen LogP contribution is 2.17. The molecule has 0 saturated carbocycles. The van der Waals surface area contributed by atoms with Gasteiger partial charge < -0.3 is 9.14 Å². The first-order chi connectivity index (χ1) is 7.42. The van der Waals surface area contributed by atoms with Crippen molar-refractivity contribution in [3.05, 3.63) is 30.7 Å². The molecular weight excluding hydrogens is 190 g/mol. The van der Waals surface area contributed by atoms with E-state index in [0.717, 1.165) is 17.8 Å². The van der Waals surface area contributed by atoms with Crippen molar-refractivity contribution in [2.24, 2.45) is 0 Å². The minimum absolute atomic E-state index is 0.525. The maximum absolute atomic E-state index is 8.38. The minimum atomic E-state index is 0.525. The Morgan fingerprint density at radius 2 is 2.40 bits per heavy atom. The smallest absolute Gasteiger partial charge is 0.179 e. The Bertz CT molecular complexity index is 484. The Morgan fingerprint density at radius 1 is 1.47 bits per heavy atom. The van der Waals surface area contributed by atoms with Crippen LogP contribution in [0, 0.1) is 11.3 Å². The molecule has 2 aromatic heterocycles. The van der Waals surface area contributed by atoms with Crippen LogP contribution < -0.4 is 4.74 Å². The molecule has 2 rings (SSSR count). The number of aromatic nitrogens is 2. The van der Waals surface area contributed by atoms with Gasteiger partial charge in [0, 0.05) is 25.0 Å². The van der Waals surface area contributed by atoms with Gasteiger partial charge in [-0.05, 0) is 18.6 Å². The number of pyridine rings is 1. The van der Waals surface area contributed by atoms with Gasteiger partial charge in [0.05, 0.1) is 12.7 Å². The second-order valence-electron chi connectivity index (χ2n) is 3.14. The van der Waals surface area contributed by atoms with E-state index in [2.05, 4.69) is 11.1 Å². The van der Waals surface area contributed by atoms with Crippen LogP contribution in [0.2, 0.25) is 0 Å². The molecule has 4 nitrogen and oxygen atoms in total. The Kier molecular flexibility index (Phi) is 2.84. The van der Waals surface area contributed by atoms with Crippen LogP contribution in [0.15, 0.2) is 30.7 Å². The van der Waals surface area contributed by atoms with Crippen molar-refractivity contribution in [2.75, 3.05) is 6.61 Å². The number of ether oxygens (including phenoxy) is 1. The fourth-order valence-electron chi connectivity index (χ4n) is 1.37. The van der Waals surface area contributed by atoms with Gasteiger partial charge >= 0.3 is 0 Å². The number of hydrogen-bond donors (Lipinski definition) is 0. The number of nitrogens with zero attached hydrogens (tertiary/aromatic N) is 3. The molecule has 0 aliphatic heterocycles. The second kappa shape index (κ2) is 4.47. The van der Waals surface area contributed by atoms with Gasteiger partial charge in [0.25, 0.3) is 0 Å². The predicted molar refractivity (Wildman–Crippen MR) is 55.5 cm³/mol. The van der Waals surface area contributed by atoms with Crippen LogP contribution in [0.3, 0.4) is 0 Å². The highest BCUT2D eigenvalue weighted by molar-refractivity contribution is 5.53. The molecule has 0 saturated heterocycles. The van der Waals surface area contributed by atoms with Crippen LogP contribution >= 0.6 is 0 Å². The molecule has 2 heterocycles. The minimum Gasteiger partial charge on any atom is -0.490 e. The van der Waals surface area contributed by atoms with Gasteiger partial charge in [-0.15, -0.1) is 0 Å². The highest BCUT2D eigenvalue weighted by atomic mass is 16.5. The maximum Gasteiger partial charge on any atom is 0.179 e. The third kappa shape index (κ3) is 2.08. The highest BCUT2D eigenvalue weighted by Gasteiger charge is 2.01. The van der Waals surface area contributed by atoms with Crippen molar-refractivity contribution in [3.63, 3.8) is 0 Å². The molecule has 0 aliphatic carbocycles. The van der Waals surface area contributed by atoms with Gasteiger partial charge in [-0.25, -0.2) is 4.98 Å². The van der Waals surface area contributed by atoms with Gasteiger partial charge in [-0.3, -0.25) is 0 Å². The fraction of sp³-hybridized carbons (Fsp3) is 0.273. The summed E-state index contributed by atoms with van der Waals surface area (Å²) in [7, 11) is 0. The van der Waals surface area contributed by atoms with Crippen molar-refractivity contribution in [3.8, 4) is 11.8 Å². The quantitative estimate of drug-likeness (QED) is 0.711. The number of unbranched alkanes of at least 4 members (excludes halogenated alkanes) is 1. The molecule has 2 aromatic rings. The molecule has 0 amide bonds. The average molecular weight is 201 g/mol. The van der Waals surface area contributed by atoms with Crippen LogP contribution in [0.25, 0.3) is 5.65 Å².